The highest BCUT2D eigenvalue weighted by Gasteiger charge is 2.39. The molecule has 2 saturated heterocycles. The Labute approximate surface area is 153 Å². The maximum atomic E-state index is 12.6. The minimum atomic E-state index is -0.784. The van der Waals surface area contributed by atoms with Crippen LogP contribution >= 0.6 is 0 Å². The maximum absolute atomic E-state index is 12.6. The van der Waals surface area contributed by atoms with E-state index in [9.17, 15) is 9.90 Å². The zero-order valence-electron chi connectivity index (χ0n) is 15.1. The summed E-state index contributed by atoms with van der Waals surface area (Å²) in [5.74, 6) is 0.133. The van der Waals surface area contributed by atoms with E-state index >= 15 is 0 Å². The highest BCUT2D eigenvalue weighted by atomic mass is 16.5. The van der Waals surface area contributed by atoms with Crippen molar-refractivity contribution in [2.24, 2.45) is 0 Å². The molecule has 0 bridgehead atoms. The van der Waals surface area contributed by atoms with Crippen molar-refractivity contribution in [3.8, 4) is 0 Å². The number of morpholine rings is 1. The first kappa shape index (κ1) is 17.5. The summed E-state index contributed by atoms with van der Waals surface area (Å²) in [5, 5.41) is 12.1. The van der Waals surface area contributed by atoms with E-state index in [2.05, 4.69) is 16.0 Å². The van der Waals surface area contributed by atoms with Gasteiger partial charge in [0.25, 0.3) is 0 Å². The number of aromatic amines is 1. The van der Waals surface area contributed by atoms with E-state index in [4.69, 9.17) is 4.74 Å². The van der Waals surface area contributed by atoms with Gasteiger partial charge in [0.15, 0.2) is 0 Å². The van der Waals surface area contributed by atoms with Crippen molar-refractivity contribution in [2.75, 3.05) is 45.9 Å². The lowest BCUT2D eigenvalue weighted by Crippen LogP contribution is -2.49. The van der Waals surface area contributed by atoms with E-state index in [1.807, 2.05) is 29.3 Å². The number of aliphatic hydroxyl groups is 1. The van der Waals surface area contributed by atoms with Gasteiger partial charge in [-0.25, -0.2) is 0 Å². The molecule has 4 rings (SSSR count). The Bertz CT molecular complexity index is 769. The van der Waals surface area contributed by atoms with E-state index in [1.54, 1.807) is 0 Å². The van der Waals surface area contributed by atoms with Crippen molar-refractivity contribution in [3.05, 3.63) is 36.0 Å². The molecule has 2 aromatic rings. The largest absolute Gasteiger partial charge is 0.387 e. The monoisotopic (exact) mass is 357 g/mol. The maximum Gasteiger partial charge on any atom is 0.223 e. The molecule has 2 aliphatic heterocycles. The number of nitrogens with one attached hydrogen (secondary N) is 1. The normalized spacial score (nSPS) is 24.4. The summed E-state index contributed by atoms with van der Waals surface area (Å²) in [6.45, 7) is 4.88. The van der Waals surface area contributed by atoms with Gasteiger partial charge in [-0.3, -0.25) is 9.69 Å². The third kappa shape index (κ3) is 3.77. The van der Waals surface area contributed by atoms with Crippen LogP contribution in [0, 0.1) is 0 Å². The molecule has 6 nitrogen and oxygen atoms in total. The van der Waals surface area contributed by atoms with Crippen LogP contribution < -0.4 is 0 Å². The highest BCUT2D eigenvalue weighted by Crippen LogP contribution is 2.25. The predicted molar refractivity (Wildman–Crippen MR) is 100 cm³/mol. The molecule has 1 atom stereocenters. The Hall–Kier alpha value is -1.89. The molecule has 0 saturated carbocycles. The van der Waals surface area contributed by atoms with E-state index in [-0.39, 0.29) is 5.91 Å². The number of rotatable bonds is 5. The quantitative estimate of drug-likeness (QED) is 0.849. The molecular weight excluding hydrogens is 330 g/mol. The van der Waals surface area contributed by atoms with Crippen LogP contribution in [0.1, 0.15) is 18.4 Å². The van der Waals surface area contributed by atoms with Crippen LogP contribution in [-0.2, 0) is 16.0 Å². The molecule has 3 heterocycles. The molecule has 140 valence electrons. The topological polar surface area (TPSA) is 68.8 Å². The van der Waals surface area contributed by atoms with Crippen molar-refractivity contribution in [2.45, 2.75) is 24.9 Å². The first-order valence-electron chi connectivity index (χ1n) is 9.48. The lowest BCUT2D eigenvalue weighted by molar-refractivity contribution is -0.131. The highest BCUT2D eigenvalue weighted by molar-refractivity contribution is 5.84. The molecule has 1 aromatic heterocycles. The Kier molecular flexibility index (Phi) is 4.98. The van der Waals surface area contributed by atoms with Gasteiger partial charge in [-0.1, -0.05) is 18.2 Å². The lowest BCUT2D eigenvalue weighted by atomic mass is 10.0. The van der Waals surface area contributed by atoms with E-state index in [1.165, 1.54) is 10.9 Å². The van der Waals surface area contributed by atoms with Gasteiger partial charge in [-0.2, -0.15) is 0 Å². The average Bonchev–Trinajstić information content (AvgIpc) is 3.24. The minimum absolute atomic E-state index is 0.133. The minimum Gasteiger partial charge on any atom is -0.387 e. The van der Waals surface area contributed by atoms with Crippen molar-refractivity contribution in [1.82, 2.24) is 14.8 Å². The summed E-state index contributed by atoms with van der Waals surface area (Å²) in [6.07, 6.45) is 3.86. The standard InChI is InChI=1S/C20H27N3O3/c24-19(6-5-16-13-21-18-4-2-1-3-17(16)18)23-8-7-20(25,15-23)14-22-9-11-26-12-10-22/h1-4,13,21,25H,5-12,14-15H2/t20-/m1/s1. The van der Waals surface area contributed by atoms with Crippen molar-refractivity contribution >= 4 is 16.8 Å². The summed E-state index contributed by atoms with van der Waals surface area (Å²) >= 11 is 0. The molecule has 2 fully saturated rings. The van der Waals surface area contributed by atoms with Crippen LogP contribution in [0.15, 0.2) is 30.5 Å². The second kappa shape index (κ2) is 7.39. The fraction of sp³-hybridized carbons (Fsp3) is 0.550. The zero-order valence-corrected chi connectivity index (χ0v) is 15.1. The number of fused-ring (bicyclic) bond motifs is 1. The predicted octanol–water partition coefficient (Wildman–Crippen LogP) is 1.40. The van der Waals surface area contributed by atoms with Crippen LogP contribution in [0.4, 0.5) is 0 Å². The van der Waals surface area contributed by atoms with Gasteiger partial charge in [-0.05, 0) is 24.5 Å². The molecule has 2 N–H and O–H groups in total. The number of nitrogens with zero attached hydrogens (tertiary/aromatic N) is 2. The molecular formula is C20H27N3O3. The van der Waals surface area contributed by atoms with E-state index in [0.717, 1.165) is 38.2 Å². The van der Waals surface area contributed by atoms with Crippen LogP contribution in [0.25, 0.3) is 10.9 Å². The van der Waals surface area contributed by atoms with E-state index < -0.39 is 5.60 Å². The van der Waals surface area contributed by atoms with Gasteiger partial charge in [-0.15, -0.1) is 0 Å². The molecule has 0 radical (unpaired) electrons. The van der Waals surface area contributed by atoms with Crippen LogP contribution in [0.5, 0.6) is 0 Å². The number of hydrogen-bond acceptors (Lipinski definition) is 4. The first-order chi connectivity index (χ1) is 12.6. The van der Waals surface area contributed by atoms with Crippen LogP contribution in [-0.4, -0.2) is 77.3 Å². The fourth-order valence-electron chi connectivity index (χ4n) is 4.11. The number of hydrogen-bond donors (Lipinski definition) is 2. The van der Waals surface area contributed by atoms with Gasteiger partial charge in [0, 0.05) is 49.7 Å². The Balaban J connectivity index is 1.31. The molecule has 6 heteroatoms. The second-order valence-corrected chi connectivity index (χ2v) is 7.54. The summed E-state index contributed by atoms with van der Waals surface area (Å²) < 4.78 is 5.36. The van der Waals surface area contributed by atoms with E-state index in [0.29, 0.717) is 32.5 Å². The fourth-order valence-corrected chi connectivity index (χ4v) is 4.11. The molecule has 0 aliphatic carbocycles. The van der Waals surface area contributed by atoms with Crippen molar-refractivity contribution in [3.63, 3.8) is 0 Å². The van der Waals surface area contributed by atoms with Gasteiger partial charge in [0.05, 0.1) is 25.4 Å². The Morgan fingerprint density at radius 1 is 1.23 bits per heavy atom. The van der Waals surface area contributed by atoms with Gasteiger partial charge < -0.3 is 19.7 Å². The number of carbonyl (C=O) groups excluding carboxylic acids is 1. The zero-order chi connectivity index (χ0) is 18.0. The Morgan fingerprint density at radius 2 is 2.04 bits per heavy atom. The summed E-state index contributed by atoms with van der Waals surface area (Å²) in [4.78, 5) is 20.0. The number of aromatic nitrogens is 1. The smallest absolute Gasteiger partial charge is 0.223 e. The molecule has 0 spiro atoms. The number of β-amino-alcohol motifs (C(OH)–C–C–N with tert-alkyl or cyclic N) is 1. The van der Waals surface area contributed by atoms with Gasteiger partial charge in [0.1, 0.15) is 0 Å². The molecule has 0 unspecified atom stereocenters. The SMILES string of the molecule is O=C(CCc1c[nH]c2ccccc12)N1CC[C@@](O)(CN2CCOCC2)C1. The number of H-pyrrole nitrogens is 1. The van der Waals surface area contributed by atoms with Gasteiger partial charge >= 0.3 is 0 Å². The third-order valence-electron chi connectivity index (χ3n) is 5.59. The number of para-hydroxylation sites is 1. The van der Waals surface area contributed by atoms with Crippen LogP contribution in [0.3, 0.4) is 0 Å². The first-order valence-corrected chi connectivity index (χ1v) is 9.48. The molecule has 26 heavy (non-hydrogen) atoms. The van der Waals surface area contributed by atoms with Crippen molar-refractivity contribution in [1.29, 1.82) is 0 Å². The Morgan fingerprint density at radius 3 is 2.88 bits per heavy atom. The molecule has 1 amide bonds. The van der Waals surface area contributed by atoms with Gasteiger partial charge in [0.2, 0.25) is 5.91 Å². The number of likely N-dealkylation sites (tertiary alicyclic amines) is 1. The summed E-state index contributed by atoms with van der Waals surface area (Å²) in [6, 6.07) is 8.16. The van der Waals surface area contributed by atoms with Crippen LogP contribution in [0.2, 0.25) is 0 Å². The summed E-state index contributed by atoms with van der Waals surface area (Å²) in [7, 11) is 0. The number of ether oxygens (including phenoxy) is 1. The molecule has 1 aromatic carbocycles. The number of aryl methyl sites for hydroxylation is 1. The molecule has 2 aliphatic rings. The number of benzene rings is 1. The number of carbonyl (C=O) groups is 1. The average molecular weight is 357 g/mol. The van der Waals surface area contributed by atoms with Crippen molar-refractivity contribution < 1.29 is 14.6 Å². The third-order valence-corrected chi connectivity index (χ3v) is 5.59. The summed E-state index contributed by atoms with van der Waals surface area (Å²) in [5.41, 5.74) is 1.50. The lowest BCUT2D eigenvalue weighted by Gasteiger charge is -2.33. The number of amides is 1. The second-order valence-electron chi connectivity index (χ2n) is 7.54.